The Labute approximate surface area is 135 Å². The maximum Gasteiger partial charge on any atom is 0.0797 e. The van der Waals surface area contributed by atoms with Crippen LogP contribution in [-0.2, 0) is 12.8 Å². The highest BCUT2D eigenvalue weighted by atomic mass is 32.1. The van der Waals surface area contributed by atoms with E-state index in [0.29, 0.717) is 0 Å². The fourth-order valence-corrected chi connectivity index (χ4v) is 5.12. The van der Waals surface area contributed by atoms with Crippen LogP contribution in [0.5, 0.6) is 0 Å². The Morgan fingerprint density at radius 2 is 1.95 bits per heavy atom. The van der Waals surface area contributed by atoms with Gasteiger partial charge >= 0.3 is 0 Å². The smallest absolute Gasteiger partial charge is 0.0797 e. The predicted molar refractivity (Wildman–Crippen MR) is 93.5 cm³/mol. The number of allylic oxidation sites excluding steroid dienone is 2. The van der Waals surface area contributed by atoms with Crippen molar-refractivity contribution in [2.75, 3.05) is 0 Å². The molecule has 1 atom stereocenters. The largest absolute Gasteiger partial charge is 0.250 e. The summed E-state index contributed by atoms with van der Waals surface area (Å²) >= 11 is 3.74. The molecule has 1 aliphatic rings. The molecule has 112 valence electrons. The number of aryl methyl sites for hydroxylation is 1. The van der Waals surface area contributed by atoms with E-state index in [0.717, 1.165) is 12.3 Å². The molecular formula is C18H23NS2. The van der Waals surface area contributed by atoms with Gasteiger partial charge in [0.2, 0.25) is 0 Å². The summed E-state index contributed by atoms with van der Waals surface area (Å²) < 4.78 is 0. The Kier molecular flexibility index (Phi) is 4.32. The Morgan fingerprint density at radius 1 is 1.14 bits per heavy atom. The molecule has 1 aliphatic carbocycles. The number of hydrogen-bond acceptors (Lipinski definition) is 3. The molecule has 0 amide bonds. The van der Waals surface area contributed by atoms with Crippen molar-refractivity contribution in [1.82, 2.24) is 4.98 Å². The summed E-state index contributed by atoms with van der Waals surface area (Å²) in [6, 6.07) is 0. The van der Waals surface area contributed by atoms with Crippen molar-refractivity contribution in [2.45, 2.75) is 53.4 Å². The van der Waals surface area contributed by atoms with Gasteiger partial charge in [0.25, 0.3) is 0 Å². The quantitative estimate of drug-likeness (QED) is 0.659. The Morgan fingerprint density at radius 3 is 2.57 bits per heavy atom. The van der Waals surface area contributed by atoms with E-state index in [9.17, 15) is 0 Å². The number of rotatable bonds is 4. The van der Waals surface area contributed by atoms with E-state index in [-0.39, 0.29) is 0 Å². The van der Waals surface area contributed by atoms with Gasteiger partial charge in [0.15, 0.2) is 0 Å². The topological polar surface area (TPSA) is 12.9 Å². The molecule has 0 aliphatic heterocycles. The van der Waals surface area contributed by atoms with E-state index in [1.54, 1.807) is 27.4 Å². The molecule has 3 heteroatoms. The minimum absolute atomic E-state index is 0.778. The van der Waals surface area contributed by atoms with Gasteiger partial charge in [-0.1, -0.05) is 11.1 Å². The molecule has 0 saturated carbocycles. The standard InChI is InChI=1S/C18H23NS2/c1-11-5-6-15(12(11)2)7-17-13(3)16(9-20-17)8-18-14(4)19-10-21-18/h9-10,15H,5-8H2,1-4H3. The molecule has 0 spiro atoms. The lowest BCUT2D eigenvalue weighted by Crippen LogP contribution is -2.02. The minimum atomic E-state index is 0.778. The number of thiazole rings is 1. The van der Waals surface area contributed by atoms with E-state index < -0.39 is 0 Å². The average Bonchev–Trinajstić information content (AvgIpc) is 3.11. The van der Waals surface area contributed by atoms with Gasteiger partial charge in [-0.05, 0) is 69.4 Å². The van der Waals surface area contributed by atoms with Gasteiger partial charge in [-0.25, -0.2) is 4.98 Å². The normalized spacial score (nSPS) is 18.8. The lowest BCUT2D eigenvalue weighted by Gasteiger charge is -2.11. The Hall–Kier alpha value is -0.930. The fraction of sp³-hybridized carbons (Fsp3) is 0.500. The molecule has 0 aromatic carbocycles. The number of hydrogen-bond donors (Lipinski definition) is 0. The van der Waals surface area contributed by atoms with Crippen LogP contribution < -0.4 is 0 Å². The number of aromatic nitrogens is 1. The zero-order valence-corrected chi connectivity index (χ0v) is 15.0. The van der Waals surface area contributed by atoms with Crippen molar-refractivity contribution in [3.63, 3.8) is 0 Å². The molecule has 0 fully saturated rings. The van der Waals surface area contributed by atoms with E-state index in [2.05, 4.69) is 38.1 Å². The van der Waals surface area contributed by atoms with E-state index in [4.69, 9.17) is 0 Å². The Balaban J connectivity index is 1.76. The zero-order chi connectivity index (χ0) is 15.0. The molecule has 2 heterocycles. The molecule has 0 radical (unpaired) electrons. The molecule has 1 unspecified atom stereocenters. The minimum Gasteiger partial charge on any atom is -0.250 e. The summed E-state index contributed by atoms with van der Waals surface area (Å²) in [6.45, 7) is 9.05. The van der Waals surface area contributed by atoms with Crippen LogP contribution in [-0.4, -0.2) is 4.98 Å². The summed E-state index contributed by atoms with van der Waals surface area (Å²) in [5, 5.41) is 2.37. The molecule has 1 nitrogen and oxygen atoms in total. The van der Waals surface area contributed by atoms with Crippen LogP contribution in [0.1, 0.15) is 53.3 Å². The predicted octanol–water partition coefficient (Wildman–Crippen LogP) is 5.70. The number of thiophene rings is 1. The van der Waals surface area contributed by atoms with Crippen molar-refractivity contribution < 1.29 is 0 Å². The molecule has 21 heavy (non-hydrogen) atoms. The second kappa shape index (κ2) is 6.05. The molecule has 0 saturated heterocycles. The first kappa shape index (κ1) is 15.0. The lowest BCUT2D eigenvalue weighted by atomic mass is 9.95. The summed E-state index contributed by atoms with van der Waals surface area (Å²) in [6.07, 6.45) is 4.94. The van der Waals surface area contributed by atoms with Gasteiger partial charge in [-0.2, -0.15) is 0 Å². The molecule has 2 aromatic rings. The summed E-state index contributed by atoms with van der Waals surface area (Å²) in [4.78, 5) is 7.37. The van der Waals surface area contributed by atoms with Gasteiger partial charge in [0.1, 0.15) is 0 Å². The first-order valence-corrected chi connectivity index (χ1v) is 9.43. The summed E-state index contributed by atoms with van der Waals surface area (Å²) in [7, 11) is 0. The van der Waals surface area contributed by atoms with Crippen LogP contribution in [0.2, 0.25) is 0 Å². The van der Waals surface area contributed by atoms with Crippen molar-refractivity contribution >= 4 is 22.7 Å². The van der Waals surface area contributed by atoms with Crippen molar-refractivity contribution in [1.29, 1.82) is 0 Å². The number of nitrogens with zero attached hydrogens (tertiary/aromatic N) is 1. The second-order valence-corrected chi connectivity index (χ2v) is 8.15. The van der Waals surface area contributed by atoms with Crippen LogP contribution in [0.25, 0.3) is 0 Å². The monoisotopic (exact) mass is 317 g/mol. The third-order valence-electron chi connectivity index (χ3n) is 5.02. The highest BCUT2D eigenvalue weighted by Crippen LogP contribution is 2.36. The van der Waals surface area contributed by atoms with Crippen molar-refractivity contribution in [3.05, 3.63) is 48.6 Å². The first-order chi connectivity index (χ1) is 10.1. The van der Waals surface area contributed by atoms with Crippen LogP contribution >= 0.6 is 22.7 Å². The van der Waals surface area contributed by atoms with Gasteiger partial charge in [-0.3, -0.25) is 0 Å². The van der Waals surface area contributed by atoms with Gasteiger partial charge in [-0.15, -0.1) is 22.7 Å². The highest BCUT2D eigenvalue weighted by molar-refractivity contribution is 7.10. The van der Waals surface area contributed by atoms with Gasteiger partial charge < -0.3 is 0 Å². The molecule has 0 N–H and O–H groups in total. The first-order valence-electron chi connectivity index (χ1n) is 7.67. The highest BCUT2D eigenvalue weighted by Gasteiger charge is 2.22. The second-order valence-electron chi connectivity index (χ2n) is 6.25. The summed E-state index contributed by atoms with van der Waals surface area (Å²) in [5.74, 6) is 0.778. The maximum atomic E-state index is 4.37. The van der Waals surface area contributed by atoms with Crippen LogP contribution in [0.15, 0.2) is 22.0 Å². The van der Waals surface area contributed by atoms with Gasteiger partial charge in [0.05, 0.1) is 11.2 Å². The van der Waals surface area contributed by atoms with E-state index in [1.807, 2.05) is 16.8 Å². The maximum absolute atomic E-state index is 4.37. The zero-order valence-electron chi connectivity index (χ0n) is 13.3. The van der Waals surface area contributed by atoms with Crippen LogP contribution in [0, 0.1) is 19.8 Å². The summed E-state index contributed by atoms with van der Waals surface area (Å²) in [5.41, 5.74) is 9.43. The molecular weight excluding hydrogens is 294 g/mol. The van der Waals surface area contributed by atoms with E-state index in [1.165, 1.54) is 41.0 Å². The SMILES string of the molecule is CC1=C(C)C(Cc2scc(Cc3scnc3C)c2C)CC1. The van der Waals surface area contributed by atoms with Crippen molar-refractivity contribution in [2.24, 2.45) is 5.92 Å². The average molecular weight is 318 g/mol. The van der Waals surface area contributed by atoms with Gasteiger partial charge in [0, 0.05) is 16.2 Å². The molecule has 2 aromatic heterocycles. The third kappa shape index (κ3) is 3.00. The van der Waals surface area contributed by atoms with Crippen LogP contribution in [0.3, 0.4) is 0 Å². The Bertz CT molecular complexity index is 675. The molecule has 3 rings (SSSR count). The van der Waals surface area contributed by atoms with Crippen molar-refractivity contribution in [3.8, 4) is 0 Å². The fourth-order valence-electron chi connectivity index (χ4n) is 3.17. The van der Waals surface area contributed by atoms with Crippen LogP contribution in [0.4, 0.5) is 0 Å². The third-order valence-corrected chi connectivity index (χ3v) is 7.12. The lowest BCUT2D eigenvalue weighted by molar-refractivity contribution is 0.605. The molecule has 0 bridgehead atoms. The van der Waals surface area contributed by atoms with E-state index >= 15 is 0 Å².